The molecule has 0 aliphatic carbocycles. The summed E-state index contributed by atoms with van der Waals surface area (Å²) >= 11 is 0.879. The van der Waals surface area contributed by atoms with Crippen LogP contribution in [0.1, 0.15) is 0 Å². The summed E-state index contributed by atoms with van der Waals surface area (Å²) in [6, 6.07) is 6.73. The number of anilines is 1. The van der Waals surface area contributed by atoms with Gasteiger partial charge in [0.05, 0.1) is 0 Å². The van der Waals surface area contributed by atoms with Gasteiger partial charge in [0.15, 0.2) is 0 Å². The monoisotopic (exact) mass is 222 g/mol. The van der Waals surface area contributed by atoms with Crippen LogP contribution in [0.2, 0.25) is 0 Å². The zero-order chi connectivity index (χ0) is 10.6. The molecule has 1 aromatic rings. The van der Waals surface area contributed by atoms with E-state index in [4.69, 9.17) is 5.73 Å². The number of halogens is 3. The molecule has 0 amide bonds. The Bertz CT molecular complexity index is 301. The van der Waals surface area contributed by atoms with Gasteiger partial charge in [0.2, 0.25) is 0 Å². The number of hydrogen-bond donors (Lipinski definition) is 2. The standard InChI is InChI=1S/C8H9F3N2S/c9-8(10,11)5-13-14-7-4-2-1-3-6(7)12/h1-4,13H,5,12H2. The quantitative estimate of drug-likeness (QED) is 0.609. The van der Waals surface area contributed by atoms with Crippen LogP contribution in [0.25, 0.3) is 0 Å². The highest BCUT2D eigenvalue weighted by Crippen LogP contribution is 2.23. The van der Waals surface area contributed by atoms with Crippen molar-refractivity contribution >= 4 is 17.6 Å². The summed E-state index contributed by atoms with van der Waals surface area (Å²) in [6.45, 7) is -1.04. The van der Waals surface area contributed by atoms with Gasteiger partial charge in [-0.25, -0.2) is 0 Å². The van der Waals surface area contributed by atoms with Crippen molar-refractivity contribution in [2.75, 3.05) is 12.3 Å². The zero-order valence-electron chi connectivity index (χ0n) is 7.14. The van der Waals surface area contributed by atoms with Crippen molar-refractivity contribution in [2.24, 2.45) is 0 Å². The van der Waals surface area contributed by atoms with E-state index < -0.39 is 12.7 Å². The van der Waals surface area contributed by atoms with Gasteiger partial charge in [0.1, 0.15) is 6.54 Å². The van der Waals surface area contributed by atoms with E-state index in [1.807, 2.05) is 0 Å². The molecule has 0 aliphatic rings. The summed E-state index contributed by atoms with van der Waals surface area (Å²) in [5.41, 5.74) is 5.99. The molecule has 0 unspecified atom stereocenters. The van der Waals surface area contributed by atoms with E-state index in [0.29, 0.717) is 10.6 Å². The van der Waals surface area contributed by atoms with Crippen molar-refractivity contribution in [1.82, 2.24) is 4.72 Å². The lowest BCUT2D eigenvalue weighted by Gasteiger charge is -2.08. The Morgan fingerprint density at radius 3 is 2.50 bits per heavy atom. The first-order valence-corrected chi connectivity index (χ1v) is 4.61. The molecule has 0 aliphatic heterocycles. The fourth-order valence-electron chi connectivity index (χ4n) is 0.769. The van der Waals surface area contributed by atoms with Crippen molar-refractivity contribution in [3.05, 3.63) is 24.3 Å². The van der Waals surface area contributed by atoms with E-state index in [0.717, 1.165) is 11.9 Å². The van der Waals surface area contributed by atoms with Gasteiger partial charge >= 0.3 is 6.18 Å². The van der Waals surface area contributed by atoms with E-state index in [9.17, 15) is 13.2 Å². The summed E-state index contributed by atoms with van der Waals surface area (Å²) in [7, 11) is 0. The Morgan fingerprint density at radius 1 is 1.29 bits per heavy atom. The number of hydrogen-bond acceptors (Lipinski definition) is 3. The first-order chi connectivity index (χ1) is 6.49. The van der Waals surface area contributed by atoms with Gasteiger partial charge < -0.3 is 5.73 Å². The van der Waals surface area contributed by atoms with Crippen molar-refractivity contribution in [3.8, 4) is 0 Å². The van der Waals surface area contributed by atoms with Crippen LogP contribution in [0.4, 0.5) is 18.9 Å². The lowest BCUT2D eigenvalue weighted by atomic mass is 10.3. The van der Waals surface area contributed by atoms with Crippen LogP contribution in [0.5, 0.6) is 0 Å². The normalized spacial score (nSPS) is 11.6. The van der Waals surface area contributed by atoms with Gasteiger partial charge in [-0.15, -0.1) is 0 Å². The molecular formula is C8H9F3N2S. The predicted molar refractivity (Wildman–Crippen MR) is 50.8 cm³/mol. The molecule has 1 aromatic carbocycles. The minimum absolute atomic E-state index is 0.465. The molecule has 14 heavy (non-hydrogen) atoms. The van der Waals surface area contributed by atoms with Crippen LogP contribution >= 0.6 is 11.9 Å². The van der Waals surface area contributed by atoms with E-state index in [-0.39, 0.29) is 0 Å². The van der Waals surface area contributed by atoms with Gasteiger partial charge in [-0.2, -0.15) is 13.2 Å². The maximum atomic E-state index is 11.8. The largest absolute Gasteiger partial charge is 0.402 e. The Labute approximate surface area is 83.8 Å². The molecule has 2 nitrogen and oxygen atoms in total. The van der Waals surface area contributed by atoms with Crippen LogP contribution in [0.15, 0.2) is 29.2 Å². The molecule has 6 heteroatoms. The third kappa shape index (κ3) is 3.89. The van der Waals surface area contributed by atoms with E-state index in [1.54, 1.807) is 24.3 Å². The molecule has 78 valence electrons. The first-order valence-electron chi connectivity index (χ1n) is 3.80. The minimum atomic E-state index is -4.20. The van der Waals surface area contributed by atoms with Crippen LogP contribution < -0.4 is 10.5 Å². The fourth-order valence-corrected chi connectivity index (χ4v) is 1.49. The highest BCUT2D eigenvalue weighted by Gasteiger charge is 2.26. The lowest BCUT2D eigenvalue weighted by molar-refractivity contribution is -0.120. The SMILES string of the molecule is Nc1ccccc1SNCC(F)(F)F. The van der Waals surface area contributed by atoms with Gasteiger partial charge in [-0.05, 0) is 24.1 Å². The second-order valence-electron chi connectivity index (χ2n) is 2.58. The van der Waals surface area contributed by atoms with Crippen molar-refractivity contribution in [2.45, 2.75) is 11.1 Å². The van der Waals surface area contributed by atoms with E-state index in [1.165, 1.54) is 0 Å². The molecule has 0 heterocycles. The highest BCUT2D eigenvalue weighted by atomic mass is 32.2. The summed E-state index contributed by atoms with van der Waals surface area (Å²) in [4.78, 5) is 0.594. The topological polar surface area (TPSA) is 38.0 Å². The average Bonchev–Trinajstić information content (AvgIpc) is 2.06. The number of rotatable bonds is 3. The van der Waals surface area contributed by atoms with E-state index in [2.05, 4.69) is 4.72 Å². The van der Waals surface area contributed by atoms with Crippen molar-refractivity contribution < 1.29 is 13.2 Å². The molecule has 1 rings (SSSR count). The Hall–Kier alpha value is -0.880. The molecule has 0 fully saturated rings. The van der Waals surface area contributed by atoms with Crippen molar-refractivity contribution in [3.63, 3.8) is 0 Å². The molecular weight excluding hydrogens is 213 g/mol. The van der Waals surface area contributed by atoms with Crippen molar-refractivity contribution in [1.29, 1.82) is 0 Å². The number of nitrogens with one attached hydrogen (secondary N) is 1. The first kappa shape index (κ1) is 11.2. The van der Waals surface area contributed by atoms with Gasteiger partial charge in [-0.3, -0.25) is 4.72 Å². The molecule has 0 saturated carbocycles. The molecule has 0 radical (unpaired) electrons. The minimum Gasteiger partial charge on any atom is -0.398 e. The average molecular weight is 222 g/mol. The molecule has 0 saturated heterocycles. The number of alkyl halides is 3. The number of benzene rings is 1. The Balaban J connectivity index is 2.43. The second kappa shape index (κ2) is 4.56. The Kier molecular flexibility index (Phi) is 3.65. The predicted octanol–water partition coefficient (Wildman–Crippen LogP) is 2.43. The molecule has 0 aromatic heterocycles. The third-order valence-corrected chi connectivity index (χ3v) is 2.25. The zero-order valence-corrected chi connectivity index (χ0v) is 7.95. The van der Waals surface area contributed by atoms with Crippen LogP contribution in [-0.4, -0.2) is 12.7 Å². The fraction of sp³-hybridized carbons (Fsp3) is 0.250. The summed E-state index contributed by atoms with van der Waals surface area (Å²) in [5, 5.41) is 0. The summed E-state index contributed by atoms with van der Waals surface area (Å²) < 4.78 is 37.4. The number of nitrogen functional groups attached to an aromatic ring is 1. The third-order valence-electron chi connectivity index (χ3n) is 1.37. The van der Waals surface area contributed by atoms with Gasteiger partial charge in [0, 0.05) is 10.6 Å². The Morgan fingerprint density at radius 2 is 1.93 bits per heavy atom. The summed E-state index contributed by atoms with van der Waals surface area (Å²) in [5.74, 6) is 0. The maximum Gasteiger partial charge on any atom is 0.402 e. The lowest BCUT2D eigenvalue weighted by Crippen LogP contribution is -2.23. The molecule has 0 bridgehead atoms. The van der Waals surface area contributed by atoms with Crippen LogP contribution in [-0.2, 0) is 0 Å². The van der Waals surface area contributed by atoms with Gasteiger partial charge in [0.25, 0.3) is 0 Å². The van der Waals surface area contributed by atoms with Crippen LogP contribution in [0.3, 0.4) is 0 Å². The molecule has 3 N–H and O–H groups in total. The number of para-hydroxylation sites is 1. The van der Waals surface area contributed by atoms with E-state index >= 15 is 0 Å². The summed E-state index contributed by atoms with van der Waals surface area (Å²) in [6.07, 6.45) is -4.20. The molecule has 0 spiro atoms. The van der Waals surface area contributed by atoms with Gasteiger partial charge in [-0.1, -0.05) is 12.1 Å². The maximum absolute atomic E-state index is 11.8. The molecule has 0 atom stereocenters. The smallest absolute Gasteiger partial charge is 0.398 e. The number of nitrogens with two attached hydrogens (primary N) is 1. The highest BCUT2D eigenvalue weighted by molar-refractivity contribution is 7.97. The van der Waals surface area contributed by atoms with Crippen LogP contribution in [0, 0.1) is 0 Å². The second-order valence-corrected chi connectivity index (χ2v) is 3.51.